The number of methoxy groups -OCH3 is 2. The Labute approximate surface area is 181 Å². The molecule has 1 aromatic heterocycles. The molecule has 0 saturated heterocycles. The Morgan fingerprint density at radius 2 is 1.80 bits per heavy atom. The molecule has 0 N–H and O–H groups in total. The first-order valence-electron chi connectivity index (χ1n) is 10.2. The summed E-state index contributed by atoms with van der Waals surface area (Å²) < 4.78 is 15.9. The van der Waals surface area contributed by atoms with E-state index >= 15 is 0 Å². The molecule has 1 aliphatic carbocycles. The number of carbonyl (C=O) groups excluding carboxylic acids is 2. The van der Waals surface area contributed by atoms with E-state index in [4.69, 9.17) is 14.2 Å². The highest BCUT2D eigenvalue weighted by molar-refractivity contribution is 7.09. The van der Waals surface area contributed by atoms with Gasteiger partial charge in [-0.1, -0.05) is 25.3 Å². The van der Waals surface area contributed by atoms with Crippen molar-refractivity contribution in [2.45, 2.75) is 51.6 Å². The third-order valence-corrected chi connectivity index (χ3v) is 6.09. The van der Waals surface area contributed by atoms with Crippen LogP contribution in [0.5, 0.6) is 11.5 Å². The quantitative estimate of drug-likeness (QED) is 0.579. The van der Waals surface area contributed by atoms with Gasteiger partial charge in [0.15, 0.2) is 5.69 Å². The van der Waals surface area contributed by atoms with Gasteiger partial charge in [-0.3, -0.25) is 4.79 Å². The largest absolute Gasteiger partial charge is 0.496 e. The molecule has 7 nitrogen and oxygen atoms in total. The highest BCUT2D eigenvalue weighted by Crippen LogP contribution is 2.33. The fourth-order valence-electron chi connectivity index (χ4n) is 3.79. The maximum absolute atomic E-state index is 13.7. The lowest BCUT2D eigenvalue weighted by Gasteiger charge is -2.34. The van der Waals surface area contributed by atoms with Gasteiger partial charge < -0.3 is 19.1 Å². The number of thiazole rings is 1. The van der Waals surface area contributed by atoms with Gasteiger partial charge in [0.25, 0.3) is 5.91 Å². The highest BCUT2D eigenvalue weighted by atomic mass is 32.1. The molecule has 1 saturated carbocycles. The Morgan fingerprint density at radius 3 is 2.40 bits per heavy atom. The van der Waals surface area contributed by atoms with Gasteiger partial charge in [-0.15, -0.1) is 11.3 Å². The predicted molar refractivity (Wildman–Crippen MR) is 114 cm³/mol. The van der Waals surface area contributed by atoms with Crippen LogP contribution in [-0.2, 0) is 11.3 Å². The van der Waals surface area contributed by atoms with Crippen molar-refractivity contribution in [1.29, 1.82) is 0 Å². The minimum atomic E-state index is -0.443. The van der Waals surface area contributed by atoms with Crippen molar-refractivity contribution in [1.82, 2.24) is 9.88 Å². The zero-order valence-corrected chi connectivity index (χ0v) is 18.5. The van der Waals surface area contributed by atoms with E-state index in [1.165, 1.54) is 17.8 Å². The number of aromatic nitrogens is 1. The van der Waals surface area contributed by atoms with Crippen LogP contribution in [0.4, 0.5) is 0 Å². The molecule has 1 heterocycles. The van der Waals surface area contributed by atoms with Gasteiger partial charge >= 0.3 is 5.97 Å². The minimum absolute atomic E-state index is 0.107. The molecule has 1 aliphatic rings. The van der Waals surface area contributed by atoms with Crippen LogP contribution in [0.3, 0.4) is 0 Å². The van der Waals surface area contributed by atoms with E-state index in [2.05, 4.69) is 4.98 Å². The van der Waals surface area contributed by atoms with Gasteiger partial charge in [-0.2, -0.15) is 0 Å². The molecule has 3 rings (SSSR count). The number of hydrogen-bond acceptors (Lipinski definition) is 7. The molecule has 30 heavy (non-hydrogen) atoms. The topological polar surface area (TPSA) is 78.0 Å². The van der Waals surface area contributed by atoms with E-state index in [9.17, 15) is 9.59 Å². The fraction of sp³-hybridized carbons (Fsp3) is 0.500. The highest BCUT2D eigenvalue weighted by Gasteiger charge is 2.31. The van der Waals surface area contributed by atoms with E-state index in [0.29, 0.717) is 35.2 Å². The van der Waals surface area contributed by atoms with E-state index in [1.807, 2.05) is 4.90 Å². The average molecular weight is 433 g/mol. The van der Waals surface area contributed by atoms with Crippen molar-refractivity contribution in [2.75, 3.05) is 20.8 Å². The molecule has 1 fully saturated rings. The zero-order valence-electron chi connectivity index (χ0n) is 17.7. The summed E-state index contributed by atoms with van der Waals surface area (Å²) in [6, 6.07) is 5.43. The van der Waals surface area contributed by atoms with Crippen molar-refractivity contribution < 1.29 is 23.8 Å². The third kappa shape index (κ3) is 4.92. The molecule has 0 aliphatic heterocycles. The van der Waals surface area contributed by atoms with E-state index < -0.39 is 5.97 Å². The number of ether oxygens (including phenoxy) is 3. The van der Waals surface area contributed by atoms with Gasteiger partial charge in [-0.05, 0) is 31.9 Å². The van der Waals surface area contributed by atoms with Crippen molar-refractivity contribution >= 4 is 23.2 Å². The SMILES string of the molecule is CCOC(=O)c1csc(CN(C(=O)c2c(OC)cccc2OC)C2CCCCC2)n1. The smallest absolute Gasteiger partial charge is 0.357 e. The molecule has 0 atom stereocenters. The lowest BCUT2D eigenvalue weighted by molar-refractivity contribution is 0.0520. The summed E-state index contributed by atoms with van der Waals surface area (Å²) in [5.41, 5.74) is 0.693. The number of benzene rings is 1. The first-order valence-corrected chi connectivity index (χ1v) is 11.1. The summed E-state index contributed by atoms with van der Waals surface area (Å²) in [7, 11) is 3.09. The van der Waals surface area contributed by atoms with Crippen molar-refractivity contribution in [3.8, 4) is 11.5 Å². The summed E-state index contributed by atoms with van der Waals surface area (Å²) in [5, 5.41) is 2.38. The minimum Gasteiger partial charge on any atom is -0.496 e. The van der Waals surface area contributed by atoms with Crippen LogP contribution in [0, 0.1) is 0 Å². The second-order valence-electron chi connectivity index (χ2n) is 7.11. The van der Waals surface area contributed by atoms with Crippen LogP contribution < -0.4 is 9.47 Å². The fourth-order valence-corrected chi connectivity index (χ4v) is 4.55. The average Bonchev–Trinajstić information content (AvgIpc) is 3.26. The lowest BCUT2D eigenvalue weighted by atomic mass is 9.93. The zero-order chi connectivity index (χ0) is 21.5. The lowest BCUT2D eigenvalue weighted by Crippen LogP contribution is -2.41. The molecule has 0 bridgehead atoms. The third-order valence-electron chi connectivity index (χ3n) is 5.26. The summed E-state index contributed by atoms with van der Waals surface area (Å²) in [4.78, 5) is 31.9. The number of carbonyl (C=O) groups is 2. The second kappa shape index (κ2) is 10.4. The molecule has 8 heteroatoms. The van der Waals surface area contributed by atoms with Crippen molar-refractivity contribution in [2.24, 2.45) is 0 Å². The molecule has 1 amide bonds. The molecule has 1 aromatic carbocycles. The number of nitrogens with zero attached hydrogens (tertiary/aromatic N) is 2. The molecule has 0 radical (unpaired) electrons. The van der Waals surface area contributed by atoms with Gasteiger partial charge in [-0.25, -0.2) is 9.78 Å². The Bertz CT molecular complexity index is 854. The number of amides is 1. The van der Waals surface area contributed by atoms with Crippen molar-refractivity contribution in [3.05, 3.63) is 39.8 Å². The van der Waals surface area contributed by atoms with Crippen LogP contribution in [0.15, 0.2) is 23.6 Å². The number of rotatable bonds is 8. The van der Waals surface area contributed by atoms with Gasteiger partial charge in [0.2, 0.25) is 0 Å². The Balaban J connectivity index is 1.92. The van der Waals surface area contributed by atoms with E-state index in [-0.39, 0.29) is 17.6 Å². The molecule has 0 spiro atoms. The molecule has 0 unspecified atom stereocenters. The Hall–Kier alpha value is -2.61. The summed E-state index contributed by atoms with van der Waals surface area (Å²) >= 11 is 1.36. The normalized spacial score (nSPS) is 14.2. The molecular weight excluding hydrogens is 404 g/mol. The molecule has 162 valence electrons. The van der Waals surface area contributed by atoms with E-state index in [0.717, 1.165) is 25.7 Å². The number of esters is 1. The van der Waals surface area contributed by atoms with Gasteiger partial charge in [0.1, 0.15) is 22.1 Å². The van der Waals surface area contributed by atoms with Crippen LogP contribution >= 0.6 is 11.3 Å². The van der Waals surface area contributed by atoms with Gasteiger partial charge in [0, 0.05) is 11.4 Å². The summed E-state index contributed by atoms with van der Waals surface area (Å²) in [6.07, 6.45) is 5.24. The predicted octanol–water partition coefficient (Wildman–Crippen LogP) is 4.31. The molecule has 2 aromatic rings. The maximum Gasteiger partial charge on any atom is 0.357 e. The monoisotopic (exact) mass is 432 g/mol. The Kier molecular flexibility index (Phi) is 7.68. The van der Waals surface area contributed by atoms with Gasteiger partial charge in [0.05, 0.1) is 27.4 Å². The summed E-state index contributed by atoms with van der Waals surface area (Å²) in [6.45, 7) is 2.38. The molecular formula is C22H28N2O5S. The first-order chi connectivity index (χ1) is 14.6. The van der Waals surface area contributed by atoms with Crippen LogP contribution in [-0.4, -0.2) is 48.6 Å². The van der Waals surface area contributed by atoms with Crippen molar-refractivity contribution in [3.63, 3.8) is 0 Å². The summed E-state index contributed by atoms with van der Waals surface area (Å²) in [5.74, 6) is 0.365. The Morgan fingerprint density at radius 1 is 1.13 bits per heavy atom. The first kappa shape index (κ1) is 22.1. The van der Waals surface area contributed by atoms with Crippen LogP contribution in [0.25, 0.3) is 0 Å². The standard InChI is InChI=1S/C22H28N2O5S/c1-4-29-22(26)16-14-30-19(23-16)13-24(15-9-6-5-7-10-15)21(25)20-17(27-2)11-8-12-18(20)28-3/h8,11-12,14-15H,4-7,9-10,13H2,1-3H3. The maximum atomic E-state index is 13.7. The van der Waals surface area contributed by atoms with Crippen LogP contribution in [0.1, 0.15) is 64.9 Å². The number of hydrogen-bond donors (Lipinski definition) is 0. The second-order valence-corrected chi connectivity index (χ2v) is 8.05. The van der Waals surface area contributed by atoms with E-state index in [1.54, 1.807) is 44.7 Å². The van der Waals surface area contributed by atoms with Crippen LogP contribution in [0.2, 0.25) is 0 Å².